The number of benzene rings is 1. The number of fused-ring (bicyclic) bond motifs is 1. The Hall–Kier alpha value is -0.900. The average Bonchev–Trinajstić information content (AvgIpc) is 2.68. The van der Waals surface area contributed by atoms with Crippen LogP contribution in [0.25, 0.3) is 0 Å². The largest absolute Gasteiger partial charge is 0.373 e. The van der Waals surface area contributed by atoms with Crippen LogP contribution in [0.3, 0.4) is 0 Å². The lowest BCUT2D eigenvalue weighted by Gasteiger charge is -2.30. The van der Waals surface area contributed by atoms with Gasteiger partial charge in [-0.25, -0.2) is 9.78 Å². The molecule has 1 atom stereocenters. The van der Waals surface area contributed by atoms with E-state index in [4.69, 9.17) is 14.5 Å². The average molecular weight is 361 g/mol. The summed E-state index contributed by atoms with van der Waals surface area (Å²) < 4.78 is 6.19. The van der Waals surface area contributed by atoms with Crippen LogP contribution in [0.1, 0.15) is 81.4 Å². The molecule has 0 aromatic heterocycles. The van der Waals surface area contributed by atoms with Gasteiger partial charge < -0.3 is 4.74 Å². The molecule has 0 spiro atoms. The summed E-state index contributed by atoms with van der Waals surface area (Å²) in [5.41, 5.74) is 4.42. The van der Waals surface area contributed by atoms with Crippen molar-refractivity contribution >= 4 is 0 Å². The van der Waals surface area contributed by atoms with Gasteiger partial charge in [0.2, 0.25) is 0 Å². The van der Waals surface area contributed by atoms with Crippen LogP contribution >= 0.6 is 0 Å². The molecule has 1 fully saturated rings. The molecule has 1 aromatic rings. The van der Waals surface area contributed by atoms with E-state index in [1.165, 1.54) is 68.1 Å². The number of hydrogen-bond donors (Lipinski definition) is 0. The molecule has 0 amide bonds. The summed E-state index contributed by atoms with van der Waals surface area (Å²) in [6.07, 6.45) is 14.2. The number of rotatable bonds is 9. The van der Waals surface area contributed by atoms with Crippen molar-refractivity contribution in [1.29, 1.82) is 0 Å². The molecule has 3 heteroatoms. The number of aryl methyl sites for hydroxylation is 1. The zero-order valence-corrected chi connectivity index (χ0v) is 16.7. The summed E-state index contributed by atoms with van der Waals surface area (Å²) in [6, 6.07) is 7.09. The van der Waals surface area contributed by atoms with Crippen molar-refractivity contribution in [3.63, 3.8) is 0 Å². The van der Waals surface area contributed by atoms with E-state index in [0.717, 1.165) is 31.8 Å². The fourth-order valence-electron chi connectivity index (χ4n) is 4.52. The standard InChI is InChI=1S/C23H36O3/c1-3-4-5-6-19-7-11-20-16-23(25-17-21(20)15-19)14-10-18-8-12-22(13-9-18)26-24-2/h7,11,15,18,22-23H,3-6,8-10,12-14,16-17H2,1-2H3. The van der Waals surface area contributed by atoms with Gasteiger partial charge in [0.05, 0.1) is 25.9 Å². The summed E-state index contributed by atoms with van der Waals surface area (Å²) in [4.78, 5) is 10.1. The van der Waals surface area contributed by atoms with Crippen LogP contribution in [0.15, 0.2) is 18.2 Å². The first-order chi connectivity index (χ1) is 12.8. The smallest absolute Gasteiger partial charge is 0.0930 e. The van der Waals surface area contributed by atoms with Crippen LogP contribution < -0.4 is 0 Å². The zero-order valence-electron chi connectivity index (χ0n) is 16.7. The number of hydrogen-bond acceptors (Lipinski definition) is 3. The topological polar surface area (TPSA) is 27.7 Å². The lowest BCUT2D eigenvalue weighted by molar-refractivity contribution is -0.310. The third-order valence-electron chi connectivity index (χ3n) is 6.18. The third kappa shape index (κ3) is 5.80. The highest BCUT2D eigenvalue weighted by Gasteiger charge is 2.25. The maximum absolute atomic E-state index is 6.19. The van der Waals surface area contributed by atoms with Crippen molar-refractivity contribution in [3.8, 4) is 0 Å². The van der Waals surface area contributed by atoms with Crippen molar-refractivity contribution in [3.05, 3.63) is 34.9 Å². The molecular formula is C23H36O3. The summed E-state index contributed by atoms with van der Waals surface area (Å²) >= 11 is 0. The quantitative estimate of drug-likeness (QED) is 0.317. The van der Waals surface area contributed by atoms with E-state index in [2.05, 4.69) is 25.1 Å². The SMILES string of the molecule is CCCCCc1ccc2c(c1)COC(CCC1CCC(OOC)CC1)C2. The van der Waals surface area contributed by atoms with E-state index >= 15 is 0 Å². The Morgan fingerprint density at radius 1 is 1.04 bits per heavy atom. The van der Waals surface area contributed by atoms with Crippen LogP contribution in [0.2, 0.25) is 0 Å². The zero-order chi connectivity index (χ0) is 18.2. The minimum Gasteiger partial charge on any atom is -0.373 e. The molecule has 26 heavy (non-hydrogen) atoms. The predicted octanol–water partition coefficient (Wildman–Crippen LogP) is 5.78. The van der Waals surface area contributed by atoms with E-state index in [-0.39, 0.29) is 0 Å². The Balaban J connectivity index is 1.41. The van der Waals surface area contributed by atoms with Gasteiger partial charge in [0.25, 0.3) is 0 Å². The Morgan fingerprint density at radius 3 is 2.65 bits per heavy atom. The molecule has 0 N–H and O–H groups in total. The van der Waals surface area contributed by atoms with Crippen LogP contribution in [0.4, 0.5) is 0 Å². The summed E-state index contributed by atoms with van der Waals surface area (Å²) in [5.74, 6) is 0.831. The van der Waals surface area contributed by atoms with Crippen LogP contribution in [-0.2, 0) is 34.0 Å². The first kappa shape index (κ1) is 19.9. The van der Waals surface area contributed by atoms with Crippen molar-refractivity contribution in [2.45, 2.75) is 96.4 Å². The molecular weight excluding hydrogens is 324 g/mol. The van der Waals surface area contributed by atoms with E-state index in [1.54, 1.807) is 7.11 Å². The van der Waals surface area contributed by atoms with Crippen molar-refractivity contribution < 1.29 is 14.5 Å². The monoisotopic (exact) mass is 360 g/mol. The maximum Gasteiger partial charge on any atom is 0.0930 e. The fraction of sp³-hybridized carbons (Fsp3) is 0.739. The first-order valence-electron chi connectivity index (χ1n) is 10.7. The van der Waals surface area contributed by atoms with Gasteiger partial charge in [-0.3, -0.25) is 0 Å². The second-order valence-corrected chi connectivity index (χ2v) is 8.18. The van der Waals surface area contributed by atoms with Crippen molar-refractivity contribution in [2.75, 3.05) is 7.11 Å². The second-order valence-electron chi connectivity index (χ2n) is 8.18. The van der Waals surface area contributed by atoms with Crippen LogP contribution in [0.5, 0.6) is 0 Å². The maximum atomic E-state index is 6.19. The Kier molecular flexibility index (Phi) is 7.97. The molecule has 1 aliphatic carbocycles. The summed E-state index contributed by atoms with van der Waals surface area (Å²) in [5, 5.41) is 0. The molecule has 1 saturated carbocycles. The molecule has 3 rings (SSSR count). The second kappa shape index (κ2) is 10.4. The van der Waals surface area contributed by atoms with Gasteiger partial charge in [-0.05, 0) is 80.4 Å². The van der Waals surface area contributed by atoms with Crippen molar-refractivity contribution in [1.82, 2.24) is 0 Å². The highest BCUT2D eigenvalue weighted by molar-refractivity contribution is 5.33. The Morgan fingerprint density at radius 2 is 1.88 bits per heavy atom. The molecule has 2 aliphatic rings. The first-order valence-corrected chi connectivity index (χ1v) is 10.7. The highest BCUT2D eigenvalue weighted by atomic mass is 17.2. The van der Waals surface area contributed by atoms with Gasteiger partial charge in [0.15, 0.2) is 0 Å². The Bertz CT molecular complexity index is 534. The molecule has 0 bridgehead atoms. The molecule has 0 saturated heterocycles. The molecule has 1 heterocycles. The van der Waals surface area contributed by atoms with Gasteiger partial charge in [-0.1, -0.05) is 38.0 Å². The minimum atomic E-state index is 0.306. The van der Waals surface area contributed by atoms with Crippen molar-refractivity contribution in [2.24, 2.45) is 5.92 Å². The Labute approximate surface area is 159 Å². The molecule has 1 unspecified atom stereocenters. The van der Waals surface area contributed by atoms with E-state index in [0.29, 0.717) is 12.2 Å². The third-order valence-corrected chi connectivity index (χ3v) is 6.18. The molecule has 1 aliphatic heterocycles. The minimum absolute atomic E-state index is 0.306. The number of unbranched alkanes of at least 4 members (excludes halogenated alkanes) is 2. The molecule has 3 nitrogen and oxygen atoms in total. The van der Waals surface area contributed by atoms with E-state index < -0.39 is 0 Å². The van der Waals surface area contributed by atoms with E-state index in [1.807, 2.05) is 0 Å². The fourth-order valence-corrected chi connectivity index (χ4v) is 4.52. The van der Waals surface area contributed by atoms with Gasteiger partial charge in [0.1, 0.15) is 0 Å². The highest BCUT2D eigenvalue weighted by Crippen LogP contribution is 2.32. The lowest BCUT2D eigenvalue weighted by Crippen LogP contribution is -2.25. The normalized spacial score (nSPS) is 25.8. The van der Waals surface area contributed by atoms with Gasteiger partial charge in [-0.15, -0.1) is 0 Å². The predicted molar refractivity (Wildman–Crippen MR) is 105 cm³/mol. The molecule has 1 aromatic carbocycles. The van der Waals surface area contributed by atoms with Gasteiger partial charge >= 0.3 is 0 Å². The molecule has 146 valence electrons. The van der Waals surface area contributed by atoms with Crippen LogP contribution in [-0.4, -0.2) is 19.3 Å². The van der Waals surface area contributed by atoms with Gasteiger partial charge in [-0.2, -0.15) is 0 Å². The number of ether oxygens (including phenoxy) is 1. The van der Waals surface area contributed by atoms with E-state index in [9.17, 15) is 0 Å². The summed E-state index contributed by atoms with van der Waals surface area (Å²) in [7, 11) is 1.61. The lowest BCUT2D eigenvalue weighted by atomic mass is 9.83. The van der Waals surface area contributed by atoms with Gasteiger partial charge in [0, 0.05) is 0 Å². The van der Waals surface area contributed by atoms with Crippen LogP contribution in [0, 0.1) is 5.92 Å². The molecule has 0 radical (unpaired) electrons. The summed E-state index contributed by atoms with van der Waals surface area (Å²) in [6.45, 7) is 3.07.